The number of pyridine rings is 1. The van der Waals surface area contributed by atoms with Gasteiger partial charge in [0, 0.05) is 31.6 Å². The zero-order valence-electron chi connectivity index (χ0n) is 13.8. The molecule has 4 rings (SSSR count). The first-order chi connectivity index (χ1) is 10.9. The van der Waals surface area contributed by atoms with E-state index in [-0.39, 0.29) is 11.4 Å². The molecule has 4 heterocycles. The monoisotopic (exact) mass is 314 g/mol. The van der Waals surface area contributed by atoms with Crippen LogP contribution in [0.15, 0.2) is 18.3 Å². The Morgan fingerprint density at radius 2 is 2.17 bits per heavy atom. The van der Waals surface area contributed by atoms with E-state index in [2.05, 4.69) is 34.3 Å². The second-order valence-corrected chi connectivity index (χ2v) is 7.24. The van der Waals surface area contributed by atoms with Crippen LogP contribution in [0.2, 0.25) is 0 Å². The van der Waals surface area contributed by atoms with E-state index in [1.54, 1.807) is 10.7 Å². The number of hydrogen-bond acceptors (Lipinski definition) is 4. The maximum Gasteiger partial charge on any atom is 0.321 e. The number of fused-ring (bicyclic) bond motifs is 2. The lowest BCUT2D eigenvalue weighted by molar-refractivity contribution is 0.209. The first kappa shape index (κ1) is 14.4. The van der Waals surface area contributed by atoms with Crippen molar-refractivity contribution in [1.82, 2.24) is 24.4 Å². The van der Waals surface area contributed by atoms with E-state index in [1.807, 2.05) is 24.0 Å². The number of carbonyl (C=O) groups excluding carboxylic acids is 1. The first-order valence-corrected chi connectivity index (χ1v) is 8.00. The second-order valence-electron chi connectivity index (χ2n) is 7.24. The highest BCUT2D eigenvalue weighted by Gasteiger charge is 2.49. The van der Waals surface area contributed by atoms with Crippen LogP contribution in [0.3, 0.4) is 0 Å². The minimum Gasteiger partial charge on any atom is -0.324 e. The molecule has 23 heavy (non-hydrogen) atoms. The van der Waals surface area contributed by atoms with Gasteiger partial charge in [0.1, 0.15) is 5.82 Å². The summed E-state index contributed by atoms with van der Waals surface area (Å²) in [5.74, 6) is 1.29. The molecule has 0 aromatic carbocycles. The molecule has 2 fully saturated rings. The van der Waals surface area contributed by atoms with Crippen molar-refractivity contribution in [3.63, 3.8) is 0 Å². The maximum absolute atomic E-state index is 12.6. The Bertz CT molecular complexity index is 771. The summed E-state index contributed by atoms with van der Waals surface area (Å²) < 4.78 is 1.69. The van der Waals surface area contributed by atoms with Crippen LogP contribution in [-0.4, -0.2) is 63.7 Å². The molecule has 0 aliphatic carbocycles. The SMILES string of the molecule is Cc1nc2ccc(NC(=O)N3C[C@H]4CN(C)C[C@@]4(C)C3)cn2n1. The zero-order chi connectivity index (χ0) is 16.2. The summed E-state index contributed by atoms with van der Waals surface area (Å²) in [6.07, 6.45) is 1.81. The Morgan fingerprint density at radius 1 is 1.35 bits per heavy atom. The highest BCUT2D eigenvalue weighted by Crippen LogP contribution is 2.41. The van der Waals surface area contributed by atoms with Crippen molar-refractivity contribution in [3.8, 4) is 0 Å². The molecule has 2 aromatic rings. The molecule has 0 saturated carbocycles. The fraction of sp³-hybridized carbons (Fsp3) is 0.562. The van der Waals surface area contributed by atoms with Crippen LogP contribution < -0.4 is 5.32 Å². The van der Waals surface area contributed by atoms with E-state index in [9.17, 15) is 4.79 Å². The van der Waals surface area contributed by atoms with Gasteiger partial charge in [0.25, 0.3) is 0 Å². The summed E-state index contributed by atoms with van der Waals surface area (Å²) in [4.78, 5) is 21.2. The molecule has 2 aliphatic rings. The number of likely N-dealkylation sites (tertiary alicyclic amines) is 2. The lowest BCUT2D eigenvalue weighted by Crippen LogP contribution is -2.37. The highest BCUT2D eigenvalue weighted by atomic mass is 16.2. The van der Waals surface area contributed by atoms with Crippen molar-refractivity contribution in [2.24, 2.45) is 11.3 Å². The van der Waals surface area contributed by atoms with Gasteiger partial charge in [-0.05, 0) is 32.0 Å². The average Bonchev–Trinajstić information content (AvgIpc) is 3.05. The minimum atomic E-state index is -0.0283. The zero-order valence-corrected chi connectivity index (χ0v) is 13.8. The Balaban J connectivity index is 1.47. The van der Waals surface area contributed by atoms with Crippen molar-refractivity contribution in [2.75, 3.05) is 38.5 Å². The number of amides is 2. The largest absolute Gasteiger partial charge is 0.324 e. The summed E-state index contributed by atoms with van der Waals surface area (Å²) in [5, 5.41) is 7.27. The molecule has 2 atom stereocenters. The van der Waals surface area contributed by atoms with Crippen molar-refractivity contribution in [3.05, 3.63) is 24.2 Å². The Kier molecular flexibility index (Phi) is 3.09. The molecule has 0 radical (unpaired) electrons. The number of aryl methyl sites for hydroxylation is 1. The van der Waals surface area contributed by atoms with Gasteiger partial charge in [-0.25, -0.2) is 14.3 Å². The number of urea groups is 1. The number of nitrogens with one attached hydrogen (secondary N) is 1. The fourth-order valence-electron chi connectivity index (χ4n) is 4.06. The van der Waals surface area contributed by atoms with Crippen molar-refractivity contribution in [2.45, 2.75) is 13.8 Å². The van der Waals surface area contributed by atoms with E-state index in [0.717, 1.165) is 43.3 Å². The third kappa shape index (κ3) is 2.45. The van der Waals surface area contributed by atoms with Gasteiger partial charge in [-0.3, -0.25) is 0 Å². The van der Waals surface area contributed by atoms with E-state index >= 15 is 0 Å². The van der Waals surface area contributed by atoms with Crippen LogP contribution in [0.5, 0.6) is 0 Å². The minimum absolute atomic E-state index is 0.0283. The van der Waals surface area contributed by atoms with Crippen LogP contribution in [0.4, 0.5) is 10.5 Å². The quantitative estimate of drug-likeness (QED) is 0.865. The average molecular weight is 314 g/mol. The van der Waals surface area contributed by atoms with Gasteiger partial charge in [0.15, 0.2) is 5.65 Å². The molecular weight excluding hydrogens is 292 g/mol. The number of anilines is 1. The molecule has 7 nitrogen and oxygen atoms in total. The number of rotatable bonds is 1. The van der Waals surface area contributed by atoms with E-state index in [1.165, 1.54) is 0 Å². The topological polar surface area (TPSA) is 65.8 Å². The summed E-state index contributed by atoms with van der Waals surface area (Å²) >= 11 is 0. The molecule has 2 aliphatic heterocycles. The van der Waals surface area contributed by atoms with Gasteiger partial charge in [0.05, 0.1) is 11.9 Å². The molecule has 2 saturated heterocycles. The number of aromatic nitrogens is 3. The fourth-order valence-corrected chi connectivity index (χ4v) is 4.06. The van der Waals surface area contributed by atoms with Crippen LogP contribution in [0.1, 0.15) is 12.7 Å². The standard InChI is InChI=1S/C16H22N6O/c1-11-17-14-5-4-13(8-22(14)19-11)18-15(23)21-7-12-6-20(3)9-16(12,2)10-21/h4-5,8,12H,6-7,9-10H2,1-3H3,(H,18,23)/t12-,16+/m1/s1. The summed E-state index contributed by atoms with van der Waals surface area (Å²) in [5.41, 5.74) is 1.75. The number of nitrogens with zero attached hydrogens (tertiary/aromatic N) is 5. The number of carbonyl (C=O) groups is 1. The van der Waals surface area contributed by atoms with Gasteiger partial charge in [-0.2, -0.15) is 5.10 Å². The van der Waals surface area contributed by atoms with Crippen LogP contribution in [0, 0.1) is 18.3 Å². The normalized spacial score (nSPS) is 27.6. The van der Waals surface area contributed by atoms with Crippen LogP contribution in [-0.2, 0) is 0 Å². The first-order valence-electron chi connectivity index (χ1n) is 8.00. The summed E-state index contributed by atoms with van der Waals surface area (Å²) in [6.45, 7) is 7.93. The van der Waals surface area contributed by atoms with Gasteiger partial charge < -0.3 is 15.1 Å². The van der Waals surface area contributed by atoms with Crippen LogP contribution >= 0.6 is 0 Å². The molecule has 0 bridgehead atoms. The Hall–Kier alpha value is -2.15. The summed E-state index contributed by atoms with van der Waals surface area (Å²) in [7, 11) is 2.16. The highest BCUT2D eigenvalue weighted by molar-refractivity contribution is 5.89. The van der Waals surface area contributed by atoms with E-state index in [0.29, 0.717) is 5.92 Å². The summed E-state index contributed by atoms with van der Waals surface area (Å²) in [6, 6.07) is 3.71. The van der Waals surface area contributed by atoms with Crippen molar-refractivity contribution in [1.29, 1.82) is 0 Å². The van der Waals surface area contributed by atoms with E-state index in [4.69, 9.17) is 0 Å². The Labute approximate surface area is 135 Å². The lowest BCUT2D eigenvalue weighted by atomic mass is 9.83. The molecular formula is C16H22N6O. The molecule has 1 N–H and O–H groups in total. The predicted molar refractivity (Wildman–Crippen MR) is 87.4 cm³/mol. The molecule has 122 valence electrons. The van der Waals surface area contributed by atoms with Crippen molar-refractivity contribution < 1.29 is 4.79 Å². The van der Waals surface area contributed by atoms with Gasteiger partial charge in [-0.15, -0.1) is 0 Å². The van der Waals surface area contributed by atoms with Gasteiger partial charge >= 0.3 is 6.03 Å². The molecule has 2 aromatic heterocycles. The van der Waals surface area contributed by atoms with Gasteiger partial charge in [0.2, 0.25) is 0 Å². The smallest absolute Gasteiger partial charge is 0.321 e. The third-order valence-corrected chi connectivity index (χ3v) is 5.12. The van der Waals surface area contributed by atoms with Crippen LogP contribution in [0.25, 0.3) is 5.65 Å². The number of hydrogen-bond donors (Lipinski definition) is 1. The van der Waals surface area contributed by atoms with Crippen molar-refractivity contribution >= 4 is 17.4 Å². The Morgan fingerprint density at radius 3 is 2.96 bits per heavy atom. The molecule has 7 heteroatoms. The lowest BCUT2D eigenvalue weighted by Gasteiger charge is -2.24. The predicted octanol–water partition coefficient (Wildman–Crippen LogP) is 1.45. The molecule has 2 amide bonds. The molecule has 0 spiro atoms. The second kappa shape index (κ2) is 4.92. The van der Waals surface area contributed by atoms with Gasteiger partial charge in [-0.1, -0.05) is 6.92 Å². The van der Waals surface area contributed by atoms with E-state index < -0.39 is 0 Å². The third-order valence-electron chi connectivity index (χ3n) is 5.12. The maximum atomic E-state index is 12.6. The molecule has 0 unspecified atom stereocenters.